The van der Waals surface area contributed by atoms with Crippen molar-refractivity contribution in [3.05, 3.63) is 65.2 Å². The molecule has 0 unspecified atom stereocenters. The molecule has 0 heterocycles. The van der Waals surface area contributed by atoms with Crippen LogP contribution in [0.1, 0.15) is 29.5 Å². The number of aldehydes is 1. The van der Waals surface area contributed by atoms with Gasteiger partial charge in [0.25, 0.3) is 0 Å². The van der Waals surface area contributed by atoms with Crippen molar-refractivity contribution in [1.82, 2.24) is 0 Å². The van der Waals surface area contributed by atoms with Crippen LogP contribution >= 0.6 is 0 Å². The van der Waals surface area contributed by atoms with Crippen LogP contribution in [-0.4, -0.2) is 20.0 Å². The van der Waals surface area contributed by atoms with Gasteiger partial charge in [0.2, 0.25) is 0 Å². The maximum atomic E-state index is 12.8. The number of rotatable bonds is 5. The maximum absolute atomic E-state index is 12.8. The third kappa shape index (κ3) is 2.83. The zero-order valence-corrected chi connectivity index (χ0v) is 14.1. The first-order valence-corrected chi connectivity index (χ1v) is 9.38. The van der Waals surface area contributed by atoms with E-state index < -0.39 is 21.0 Å². The van der Waals surface area contributed by atoms with Crippen LogP contribution in [0.15, 0.2) is 53.4 Å². The molecule has 1 aliphatic rings. The number of sulfone groups is 1. The Labute approximate surface area is 137 Å². The first kappa shape index (κ1) is 15.9. The van der Waals surface area contributed by atoms with Gasteiger partial charge in [-0.05, 0) is 36.6 Å². The second-order valence-electron chi connectivity index (χ2n) is 6.16. The summed E-state index contributed by atoms with van der Waals surface area (Å²) < 4.78 is 25.6. The van der Waals surface area contributed by atoms with Gasteiger partial charge in [0, 0.05) is 11.8 Å². The van der Waals surface area contributed by atoms with E-state index in [1.165, 1.54) is 5.56 Å². The first-order valence-electron chi connectivity index (χ1n) is 7.83. The van der Waals surface area contributed by atoms with Crippen molar-refractivity contribution >= 4 is 16.1 Å². The zero-order valence-electron chi connectivity index (χ0n) is 13.3. The van der Waals surface area contributed by atoms with Crippen molar-refractivity contribution in [1.29, 1.82) is 0 Å². The molecular formula is C19H20O3S. The number of hydrogen-bond donors (Lipinski definition) is 0. The van der Waals surface area contributed by atoms with Gasteiger partial charge in [-0.25, -0.2) is 8.42 Å². The summed E-state index contributed by atoms with van der Waals surface area (Å²) in [7, 11) is -3.49. The minimum atomic E-state index is -3.49. The van der Waals surface area contributed by atoms with E-state index in [1.54, 1.807) is 24.3 Å². The first-order chi connectivity index (χ1) is 11.0. The molecule has 23 heavy (non-hydrogen) atoms. The number of aryl methyl sites for hydroxylation is 2. The number of carbonyl (C=O) groups is 1. The molecule has 0 N–H and O–H groups in total. The smallest absolute Gasteiger partial charge is 0.182 e. The summed E-state index contributed by atoms with van der Waals surface area (Å²) in [5.74, 6) is -0.682. The molecular weight excluding hydrogens is 308 g/mol. The van der Waals surface area contributed by atoms with Gasteiger partial charge >= 0.3 is 0 Å². The quantitative estimate of drug-likeness (QED) is 0.791. The number of benzene rings is 2. The fraction of sp³-hybridized carbons (Fsp3) is 0.316. The summed E-state index contributed by atoms with van der Waals surface area (Å²) in [5.41, 5.74) is 3.15. The van der Waals surface area contributed by atoms with Crippen LogP contribution in [0.4, 0.5) is 0 Å². The molecule has 2 aromatic carbocycles. The lowest BCUT2D eigenvalue weighted by molar-refractivity contribution is -0.108. The highest BCUT2D eigenvalue weighted by Gasteiger charge is 2.58. The normalized spacial score (nSPS) is 23.5. The van der Waals surface area contributed by atoms with E-state index in [0.717, 1.165) is 23.8 Å². The average molecular weight is 328 g/mol. The SMILES string of the molecule is CCc1ccc([C@H]2[C@@H](C=O)[C@@H]2S(=O)(=O)c2ccc(C)cc2)cc1. The molecule has 0 aromatic heterocycles. The van der Waals surface area contributed by atoms with Crippen molar-refractivity contribution in [3.8, 4) is 0 Å². The van der Waals surface area contributed by atoms with E-state index in [4.69, 9.17) is 0 Å². The van der Waals surface area contributed by atoms with E-state index in [1.807, 2.05) is 31.2 Å². The second kappa shape index (κ2) is 5.93. The van der Waals surface area contributed by atoms with E-state index in [9.17, 15) is 13.2 Å². The highest BCUT2D eigenvalue weighted by atomic mass is 32.2. The van der Waals surface area contributed by atoms with Crippen LogP contribution in [0.5, 0.6) is 0 Å². The fourth-order valence-corrected chi connectivity index (χ4v) is 5.25. The van der Waals surface area contributed by atoms with Gasteiger partial charge in [0.15, 0.2) is 9.84 Å². The molecule has 1 aliphatic carbocycles. The summed E-state index contributed by atoms with van der Waals surface area (Å²) in [6.07, 6.45) is 1.72. The van der Waals surface area contributed by atoms with Crippen LogP contribution in [0.3, 0.4) is 0 Å². The van der Waals surface area contributed by atoms with E-state index in [-0.39, 0.29) is 5.92 Å². The summed E-state index contributed by atoms with van der Waals surface area (Å²) >= 11 is 0. The Kier molecular flexibility index (Phi) is 4.11. The lowest BCUT2D eigenvalue weighted by Gasteiger charge is -2.05. The van der Waals surface area contributed by atoms with Gasteiger partial charge in [-0.2, -0.15) is 0 Å². The molecule has 1 saturated carbocycles. The molecule has 1 fully saturated rings. The van der Waals surface area contributed by atoms with Crippen molar-refractivity contribution in [2.24, 2.45) is 5.92 Å². The van der Waals surface area contributed by atoms with Crippen molar-refractivity contribution in [3.63, 3.8) is 0 Å². The predicted molar refractivity (Wildman–Crippen MR) is 90.3 cm³/mol. The standard InChI is InChI=1S/C19H20O3S/c1-3-14-6-8-15(9-7-14)18-17(12-20)19(18)23(21,22)16-10-4-13(2)5-11-16/h4-12,17-19H,3H2,1-2H3/t17-,18+,19+/m1/s1. The lowest BCUT2D eigenvalue weighted by Crippen LogP contribution is -2.11. The fourth-order valence-electron chi connectivity index (χ4n) is 3.14. The molecule has 3 rings (SSSR count). The minimum absolute atomic E-state index is 0.232. The third-order valence-electron chi connectivity index (χ3n) is 4.64. The topological polar surface area (TPSA) is 51.2 Å². The molecule has 0 aliphatic heterocycles. The molecule has 0 amide bonds. The molecule has 3 atom stereocenters. The van der Waals surface area contributed by atoms with Gasteiger partial charge in [0.05, 0.1) is 10.1 Å². The summed E-state index contributed by atoms with van der Waals surface area (Å²) in [6.45, 7) is 3.99. The number of hydrogen-bond acceptors (Lipinski definition) is 3. The zero-order chi connectivity index (χ0) is 16.6. The molecule has 0 spiro atoms. The van der Waals surface area contributed by atoms with Crippen LogP contribution in [0.2, 0.25) is 0 Å². The molecule has 0 saturated heterocycles. The van der Waals surface area contributed by atoms with Crippen molar-refractivity contribution in [2.45, 2.75) is 36.3 Å². The van der Waals surface area contributed by atoms with E-state index in [2.05, 4.69) is 6.92 Å². The Morgan fingerprint density at radius 2 is 1.61 bits per heavy atom. The summed E-state index contributed by atoms with van der Waals surface area (Å²) in [5, 5.41) is -0.643. The van der Waals surface area contributed by atoms with Crippen LogP contribution < -0.4 is 0 Å². The van der Waals surface area contributed by atoms with Crippen LogP contribution in [0, 0.1) is 12.8 Å². The molecule has 2 aromatic rings. The largest absolute Gasteiger partial charge is 0.303 e. The minimum Gasteiger partial charge on any atom is -0.303 e. The van der Waals surface area contributed by atoms with Crippen molar-refractivity contribution in [2.75, 3.05) is 0 Å². The van der Waals surface area contributed by atoms with Crippen LogP contribution in [-0.2, 0) is 21.1 Å². The van der Waals surface area contributed by atoms with Gasteiger partial charge in [-0.1, -0.05) is 48.9 Å². The second-order valence-corrected chi connectivity index (χ2v) is 8.26. The molecule has 4 heteroatoms. The van der Waals surface area contributed by atoms with Crippen LogP contribution in [0.25, 0.3) is 0 Å². The third-order valence-corrected chi connectivity index (χ3v) is 6.90. The highest BCUT2D eigenvalue weighted by Crippen LogP contribution is 2.52. The van der Waals surface area contributed by atoms with Gasteiger partial charge < -0.3 is 4.79 Å². The monoisotopic (exact) mass is 328 g/mol. The van der Waals surface area contributed by atoms with Crippen molar-refractivity contribution < 1.29 is 13.2 Å². The maximum Gasteiger partial charge on any atom is 0.182 e. The Morgan fingerprint density at radius 1 is 1.00 bits per heavy atom. The molecule has 120 valence electrons. The Balaban J connectivity index is 1.92. The predicted octanol–water partition coefficient (Wildman–Crippen LogP) is 3.31. The summed E-state index contributed by atoms with van der Waals surface area (Å²) in [6, 6.07) is 14.7. The molecule has 0 radical (unpaired) electrons. The van der Waals surface area contributed by atoms with Gasteiger partial charge in [0.1, 0.15) is 6.29 Å². The van der Waals surface area contributed by atoms with Gasteiger partial charge in [-0.15, -0.1) is 0 Å². The Hall–Kier alpha value is -1.94. The molecule has 0 bridgehead atoms. The lowest BCUT2D eigenvalue weighted by atomic mass is 10.1. The van der Waals surface area contributed by atoms with E-state index in [0.29, 0.717) is 4.90 Å². The Bertz CT molecular complexity index is 805. The average Bonchev–Trinajstić information content (AvgIpc) is 3.31. The molecule has 3 nitrogen and oxygen atoms in total. The number of carbonyl (C=O) groups excluding carboxylic acids is 1. The summed E-state index contributed by atoms with van der Waals surface area (Å²) in [4.78, 5) is 11.7. The van der Waals surface area contributed by atoms with Gasteiger partial charge in [-0.3, -0.25) is 0 Å². The highest BCUT2D eigenvalue weighted by molar-refractivity contribution is 7.92. The Morgan fingerprint density at radius 3 is 2.13 bits per heavy atom. The van der Waals surface area contributed by atoms with E-state index >= 15 is 0 Å².